The van der Waals surface area contributed by atoms with Gasteiger partial charge in [-0.25, -0.2) is 8.42 Å². The molecule has 0 unspecified atom stereocenters. The zero-order valence-electron chi connectivity index (χ0n) is 15.4. The molecule has 1 aliphatic heterocycles. The van der Waals surface area contributed by atoms with Crippen LogP contribution in [0.3, 0.4) is 0 Å². The summed E-state index contributed by atoms with van der Waals surface area (Å²) in [6.07, 6.45) is 1.79. The zero-order valence-corrected chi connectivity index (χ0v) is 16.2. The number of carbonyl (C=O) groups excluding carboxylic acids is 1. The van der Waals surface area contributed by atoms with Crippen LogP contribution in [-0.2, 0) is 10.0 Å². The number of amides is 1. The quantitative estimate of drug-likeness (QED) is 0.731. The van der Waals surface area contributed by atoms with E-state index in [1.807, 2.05) is 30.3 Å². The Labute approximate surface area is 160 Å². The van der Waals surface area contributed by atoms with Gasteiger partial charge in [-0.15, -0.1) is 0 Å². The Bertz CT molecular complexity index is 861. The molecule has 3 rings (SSSR count). The number of carbonyl (C=O) groups is 1. The highest BCUT2D eigenvalue weighted by Gasteiger charge is 2.27. The van der Waals surface area contributed by atoms with E-state index in [4.69, 9.17) is 4.74 Å². The fourth-order valence-corrected chi connectivity index (χ4v) is 4.50. The van der Waals surface area contributed by atoms with Gasteiger partial charge in [-0.1, -0.05) is 18.2 Å². The summed E-state index contributed by atoms with van der Waals surface area (Å²) in [7, 11) is -1.76. The Morgan fingerprint density at radius 1 is 1.04 bits per heavy atom. The van der Waals surface area contributed by atoms with Gasteiger partial charge in [0.25, 0.3) is 5.91 Å². The Balaban J connectivity index is 1.58. The number of nitrogens with zero attached hydrogens (tertiary/aromatic N) is 2. The number of sulfonamides is 1. The van der Waals surface area contributed by atoms with Crippen molar-refractivity contribution in [2.75, 3.05) is 33.3 Å². The van der Waals surface area contributed by atoms with Crippen LogP contribution in [0.4, 0.5) is 0 Å². The minimum Gasteiger partial charge on any atom is -0.492 e. The third kappa shape index (κ3) is 4.67. The van der Waals surface area contributed by atoms with Crippen molar-refractivity contribution < 1.29 is 17.9 Å². The molecule has 1 saturated heterocycles. The maximum Gasteiger partial charge on any atom is 0.253 e. The lowest BCUT2D eigenvalue weighted by molar-refractivity contribution is 0.0773. The Hall–Kier alpha value is -2.38. The van der Waals surface area contributed by atoms with Crippen LogP contribution in [0.2, 0.25) is 0 Å². The molecule has 7 heteroatoms. The van der Waals surface area contributed by atoms with Gasteiger partial charge < -0.3 is 9.64 Å². The highest BCUT2D eigenvalue weighted by molar-refractivity contribution is 7.89. The summed E-state index contributed by atoms with van der Waals surface area (Å²) in [6, 6.07) is 15.6. The molecule has 27 heavy (non-hydrogen) atoms. The van der Waals surface area contributed by atoms with Crippen LogP contribution in [0.25, 0.3) is 0 Å². The first-order valence-electron chi connectivity index (χ1n) is 9.02. The molecule has 0 spiro atoms. The average Bonchev–Trinajstić information content (AvgIpc) is 3.24. The van der Waals surface area contributed by atoms with Crippen molar-refractivity contribution >= 4 is 15.9 Å². The van der Waals surface area contributed by atoms with Crippen LogP contribution in [0.15, 0.2) is 59.5 Å². The van der Waals surface area contributed by atoms with Gasteiger partial charge in [0.05, 0.1) is 11.4 Å². The van der Waals surface area contributed by atoms with E-state index in [9.17, 15) is 13.2 Å². The molecule has 0 saturated carbocycles. The number of rotatable bonds is 7. The maximum atomic E-state index is 12.5. The van der Waals surface area contributed by atoms with Crippen LogP contribution in [-0.4, -0.2) is 56.8 Å². The van der Waals surface area contributed by atoms with Gasteiger partial charge in [-0.2, -0.15) is 4.31 Å². The van der Waals surface area contributed by atoms with Crippen molar-refractivity contribution in [2.45, 2.75) is 17.7 Å². The lowest BCUT2D eigenvalue weighted by Gasteiger charge is -2.18. The van der Waals surface area contributed by atoms with E-state index in [0.717, 1.165) is 18.6 Å². The normalized spacial score (nSPS) is 14.9. The maximum absolute atomic E-state index is 12.5. The third-order valence-electron chi connectivity index (χ3n) is 4.59. The molecule has 1 heterocycles. The molecule has 0 bridgehead atoms. The lowest BCUT2D eigenvalue weighted by Crippen LogP contribution is -2.31. The van der Waals surface area contributed by atoms with Crippen molar-refractivity contribution in [3.8, 4) is 5.75 Å². The number of benzene rings is 2. The van der Waals surface area contributed by atoms with Crippen molar-refractivity contribution in [2.24, 2.45) is 0 Å². The first-order valence-corrected chi connectivity index (χ1v) is 10.5. The largest absolute Gasteiger partial charge is 0.492 e. The summed E-state index contributed by atoms with van der Waals surface area (Å²) >= 11 is 0. The van der Waals surface area contributed by atoms with E-state index in [1.54, 1.807) is 24.1 Å². The summed E-state index contributed by atoms with van der Waals surface area (Å²) in [5.41, 5.74) is 0.456. The van der Waals surface area contributed by atoms with Gasteiger partial charge in [0.1, 0.15) is 12.4 Å². The molecule has 0 N–H and O–H groups in total. The van der Waals surface area contributed by atoms with Crippen LogP contribution < -0.4 is 4.74 Å². The van der Waals surface area contributed by atoms with Crippen LogP contribution in [0.1, 0.15) is 23.2 Å². The molecule has 0 radical (unpaired) electrons. The van der Waals surface area contributed by atoms with Crippen molar-refractivity contribution in [1.29, 1.82) is 0 Å². The molecule has 0 aliphatic carbocycles. The van der Waals surface area contributed by atoms with E-state index in [2.05, 4.69) is 0 Å². The summed E-state index contributed by atoms with van der Waals surface area (Å²) in [4.78, 5) is 14.3. The second kappa shape index (κ2) is 8.54. The van der Waals surface area contributed by atoms with Gasteiger partial charge in [-0.05, 0) is 49.2 Å². The fourth-order valence-electron chi connectivity index (χ4n) is 2.99. The minimum absolute atomic E-state index is 0.170. The molecule has 0 aromatic heterocycles. The number of likely N-dealkylation sites (N-methyl/N-ethyl adjacent to an activating group) is 1. The number of hydrogen-bond donors (Lipinski definition) is 0. The van der Waals surface area contributed by atoms with Crippen molar-refractivity contribution in [3.63, 3.8) is 0 Å². The predicted octanol–water partition coefficient (Wildman–Crippen LogP) is 2.62. The van der Waals surface area contributed by atoms with E-state index in [1.165, 1.54) is 16.4 Å². The second-order valence-electron chi connectivity index (χ2n) is 6.52. The van der Waals surface area contributed by atoms with Crippen molar-refractivity contribution in [3.05, 3.63) is 60.2 Å². The highest BCUT2D eigenvalue weighted by Crippen LogP contribution is 2.21. The molecule has 1 fully saturated rings. The first-order chi connectivity index (χ1) is 13.0. The fraction of sp³-hybridized carbons (Fsp3) is 0.350. The van der Waals surface area contributed by atoms with Gasteiger partial charge >= 0.3 is 0 Å². The summed E-state index contributed by atoms with van der Waals surface area (Å²) < 4.78 is 32.2. The third-order valence-corrected chi connectivity index (χ3v) is 6.50. The Morgan fingerprint density at radius 2 is 1.67 bits per heavy atom. The van der Waals surface area contributed by atoms with E-state index >= 15 is 0 Å². The standard InChI is InChI=1S/C20H24N2O4S/c1-21(15-16-26-18-7-3-2-4-8-18)20(23)17-9-11-19(12-10-17)27(24,25)22-13-5-6-14-22/h2-4,7-12H,5-6,13-16H2,1H3. The number of hydrogen-bond acceptors (Lipinski definition) is 4. The predicted molar refractivity (Wildman–Crippen MR) is 103 cm³/mol. The lowest BCUT2D eigenvalue weighted by atomic mass is 10.2. The van der Waals surface area contributed by atoms with Crippen LogP contribution >= 0.6 is 0 Å². The smallest absolute Gasteiger partial charge is 0.253 e. The summed E-state index contributed by atoms with van der Waals surface area (Å²) in [6.45, 7) is 1.94. The first kappa shape index (κ1) is 19.4. The van der Waals surface area contributed by atoms with Gasteiger partial charge in [-0.3, -0.25) is 4.79 Å². The molecule has 1 amide bonds. The van der Waals surface area contributed by atoms with Crippen LogP contribution in [0.5, 0.6) is 5.75 Å². The topological polar surface area (TPSA) is 66.9 Å². The van der Waals surface area contributed by atoms with E-state index in [-0.39, 0.29) is 10.8 Å². The minimum atomic E-state index is -3.46. The highest BCUT2D eigenvalue weighted by atomic mass is 32.2. The van der Waals surface area contributed by atoms with E-state index in [0.29, 0.717) is 31.8 Å². The summed E-state index contributed by atoms with van der Waals surface area (Å²) in [5.74, 6) is 0.589. The molecule has 2 aromatic carbocycles. The second-order valence-corrected chi connectivity index (χ2v) is 8.46. The number of ether oxygens (including phenoxy) is 1. The number of para-hydroxylation sites is 1. The Kier molecular flexibility index (Phi) is 6.13. The molecule has 144 valence electrons. The molecular weight excluding hydrogens is 364 g/mol. The van der Waals surface area contributed by atoms with Gasteiger partial charge in [0, 0.05) is 25.7 Å². The molecule has 6 nitrogen and oxygen atoms in total. The molecular formula is C20H24N2O4S. The van der Waals surface area contributed by atoms with Gasteiger partial charge in [0.15, 0.2) is 0 Å². The molecule has 0 atom stereocenters. The monoisotopic (exact) mass is 388 g/mol. The van der Waals surface area contributed by atoms with Crippen LogP contribution in [0, 0.1) is 0 Å². The average molecular weight is 388 g/mol. The Morgan fingerprint density at radius 3 is 2.30 bits per heavy atom. The summed E-state index contributed by atoms with van der Waals surface area (Å²) in [5, 5.41) is 0. The van der Waals surface area contributed by atoms with E-state index < -0.39 is 10.0 Å². The van der Waals surface area contributed by atoms with Gasteiger partial charge in [0.2, 0.25) is 10.0 Å². The SMILES string of the molecule is CN(CCOc1ccccc1)C(=O)c1ccc(S(=O)(=O)N2CCCC2)cc1. The molecule has 1 aliphatic rings. The molecule has 2 aromatic rings. The van der Waals surface area contributed by atoms with Crippen molar-refractivity contribution in [1.82, 2.24) is 9.21 Å². The zero-order chi connectivity index (χ0) is 19.3.